The molecule has 0 aliphatic carbocycles. The Kier molecular flexibility index (Phi) is 5.45. The van der Waals surface area contributed by atoms with Gasteiger partial charge in [-0.25, -0.2) is 4.79 Å². The molecule has 2 fully saturated rings. The molecule has 0 saturated carbocycles. The molecule has 2 heterocycles. The molecule has 120 valence electrons. The van der Waals surface area contributed by atoms with E-state index in [1.807, 2.05) is 4.90 Å². The van der Waals surface area contributed by atoms with E-state index in [9.17, 15) is 9.59 Å². The molecule has 2 aliphatic heterocycles. The molecule has 6 nitrogen and oxygen atoms in total. The largest absolute Gasteiger partial charge is 0.481 e. The van der Waals surface area contributed by atoms with Crippen LogP contribution in [0.4, 0.5) is 4.79 Å². The van der Waals surface area contributed by atoms with Crippen LogP contribution in [-0.4, -0.2) is 77.6 Å². The van der Waals surface area contributed by atoms with Crippen LogP contribution in [-0.2, 0) is 4.79 Å². The van der Waals surface area contributed by atoms with Crippen LogP contribution in [0, 0.1) is 11.8 Å². The van der Waals surface area contributed by atoms with Gasteiger partial charge in [0.15, 0.2) is 0 Å². The molecular weight excluding hydrogens is 270 g/mol. The molecule has 0 bridgehead atoms. The van der Waals surface area contributed by atoms with E-state index < -0.39 is 11.9 Å². The van der Waals surface area contributed by atoms with E-state index in [2.05, 4.69) is 18.7 Å². The summed E-state index contributed by atoms with van der Waals surface area (Å²) in [5.41, 5.74) is 0. The monoisotopic (exact) mass is 297 g/mol. The Bertz CT molecular complexity index is 378. The molecule has 2 rings (SSSR count). The van der Waals surface area contributed by atoms with Crippen molar-refractivity contribution in [2.45, 2.75) is 26.7 Å². The summed E-state index contributed by atoms with van der Waals surface area (Å²) in [6.07, 6.45) is 1.47. The summed E-state index contributed by atoms with van der Waals surface area (Å²) in [5.74, 6) is -0.537. The molecular formula is C15H27N3O3. The number of hydrogen-bond acceptors (Lipinski definition) is 3. The van der Waals surface area contributed by atoms with Gasteiger partial charge in [-0.1, -0.05) is 13.8 Å². The minimum Gasteiger partial charge on any atom is -0.481 e. The minimum absolute atomic E-state index is 0.0187. The number of carboxylic acids is 1. The Morgan fingerprint density at radius 1 is 1.10 bits per heavy atom. The zero-order valence-electron chi connectivity index (χ0n) is 13.1. The summed E-state index contributed by atoms with van der Waals surface area (Å²) in [7, 11) is 0. The second kappa shape index (κ2) is 7.11. The first-order valence-corrected chi connectivity index (χ1v) is 7.96. The number of nitrogens with zero attached hydrogens (tertiary/aromatic N) is 3. The van der Waals surface area contributed by atoms with Gasteiger partial charge >= 0.3 is 12.0 Å². The van der Waals surface area contributed by atoms with Crippen molar-refractivity contribution in [3.05, 3.63) is 0 Å². The van der Waals surface area contributed by atoms with Gasteiger partial charge < -0.3 is 14.9 Å². The van der Waals surface area contributed by atoms with Gasteiger partial charge in [-0.3, -0.25) is 9.69 Å². The molecule has 0 radical (unpaired) electrons. The fourth-order valence-corrected chi connectivity index (χ4v) is 3.19. The lowest BCUT2D eigenvalue weighted by Crippen LogP contribution is -2.55. The molecule has 0 aromatic heterocycles. The third-order valence-electron chi connectivity index (χ3n) is 4.31. The second-order valence-electron chi connectivity index (χ2n) is 6.59. The van der Waals surface area contributed by atoms with Gasteiger partial charge in [0.1, 0.15) is 0 Å². The first-order valence-electron chi connectivity index (χ1n) is 7.96. The van der Waals surface area contributed by atoms with Crippen LogP contribution in [0.2, 0.25) is 0 Å². The molecule has 2 amide bonds. The quantitative estimate of drug-likeness (QED) is 0.849. The summed E-state index contributed by atoms with van der Waals surface area (Å²) in [6, 6.07) is 0.0187. The number of amides is 2. The van der Waals surface area contributed by atoms with Crippen molar-refractivity contribution in [2.24, 2.45) is 11.8 Å². The lowest BCUT2D eigenvalue weighted by atomic mass is 9.98. The SMILES string of the molecule is CC(C)CN1CCN(C(=O)N2CCC[C@@H](C(=O)O)C2)CC1. The van der Waals surface area contributed by atoms with E-state index >= 15 is 0 Å². The van der Waals surface area contributed by atoms with Crippen LogP contribution < -0.4 is 0 Å². The number of carbonyl (C=O) groups is 2. The predicted molar refractivity (Wildman–Crippen MR) is 80.2 cm³/mol. The van der Waals surface area contributed by atoms with Gasteiger partial charge in [-0.15, -0.1) is 0 Å². The Morgan fingerprint density at radius 3 is 2.33 bits per heavy atom. The number of piperidine rings is 1. The maximum absolute atomic E-state index is 12.5. The predicted octanol–water partition coefficient (Wildman–Crippen LogP) is 1.18. The van der Waals surface area contributed by atoms with Crippen molar-refractivity contribution in [2.75, 3.05) is 45.8 Å². The number of urea groups is 1. The molecule has 0 aromatic rings. The van der Waals surface area contributed by atoms with E-state index in [0.717, 1.165) is 39.1 Å². The van der Waals surface area contributed by atoms with Crippen LogP contribution in [0.3, 0.4) is 0 Å². The molecule has 6 heteroatoms. The molecule has 0 spiro atoms. The lowest BCUT2D eigenvalue weighted by Gasteiger charge is -2.39. The normalized spacial score (nSPS) is 24.4. The highest BCUT2D eigenvalue weighted by atomic mass is 16.4. The maximum Gasteiger partial charge on any atom is 0.320 e. The highest BCUT2D eigenvalue weighted by Gasteiger charge is 2.31. The summed E-state index contributed by atoms with van der Waals surface area (Å²) < 4.78 is 0. The number of aliphatic carboxylic acids is 1. The molecule has 21 heavy (non-hydrogen) atoms. The van der Waals surface area contributed by atoms with Crippen molar-refractivity contribution < 1.29 is 14.7 Å². The maximum atomic E-state index is 12.5. The molecule has 0 unspecified atom stereocenters. The van der Waals surface area contributed by atoms with Crippen molar-refractivity contribution in [1.29, 1.82) is 0 Å². The highest BCUT2D eigenvalue weighted by molar-refractivity contribution is 5.76. The average molecular weight is 297 g/mol. The third kappa shape index (κ3) is 4.33. The fraction of sp³-hybridized carbons (Fsp3) is 0.867. The van der Waals surface area contributed by atoms with Crippen LogP contribution in [0.1, 0.15) is 26.7 Å². The summed E-state index contributed by atoms with van der Waals surface area (Å²) in [6.45, 7) is 9.87. The topological polar surface area (TPSA) is 64.1 Å². The van der Waals surface area contributed by atoms with E-state index in [4.69, 9.17) is 5.11 Å². The fourth-order valence-electron chi connectivity index (χ4n) is 3.19. The summed E-state index contributed by atoms with van der Waals surface area (Å²) >= 11 is 0. The van der Waals surface area contributed by atoms with E-state index in [0.29, 0.717) is 25.4 Å². The zero-order valence-corrected chi connectivity index (χ0v) is 13.1. The number of carbonyl (C=O) groups excluding carboxylic acids is 1. The minimum atomic E-state index is -0.783. The highest BCUT2D eigenvalue weighted by Crippen LogP contribution is 2.18. The number of rotatable bonds is 3. The van der Waals surface area contributed by atoms with E-state index in [1.165, 1.54) is 0 Å². The zero-order chi connectivity index (χ0) is 15.4. The molecule has 2 saturated heterocycles. The molecule has 1 N–H and O–H groups in total. The van der Waals surface area contributed by atoms with Crippen LogP contribution in [0.5, 0.6) is 0 Å². The van der Waals surface area contributed by atoms with Crippen molar-refractivity contribution in [1.82, 2.24) is 14.7 Å². The number of hydrogen-bond donors (Lipinski definition) is 1. The molecule has 1 atom stereocenters. The Balaban J connectivity index is 1.82. The van der Waals surface area contributed by atoms with Gasteiger partial charge in [0.2, 0.25) is 0 Å². The van der Waals surface area contributed by atoms with Crippen molar-refractivity contribution in [3.63, 3.8) is 0 Å². The number of likely N-dealkylation sites (tertiary alicyclic amines) is 1. The standard InChI is InChI=1S/C15H27N3O3/c1-12(2)10-16-6-8-17(9-7-16)15(21)18-5-3-4-13(11-18)14(19)20/h12-13H,3-11H2,1-2H3,(H,19,20)/t13-/m1/s1. The van der Waals surface area contributed by atoms with Crippen LogP contribution in [0.25, 0.3) is 0 Å². The summed E-state index contributed by atoms with van der Waals surface area (Å²) in [4.78, 5) is 29.6. The van der Waals surface area contributed by atoms with Crippen molar-refractivity contribution in [3.8, 4) is 0 Å². The van der Waals surface area contributed by atoms with Crippen molar-refractivity contribution >= 4 is 12.0 Å². The first kappa shape index (κ1) is 16.1. The van der Waals surface area contributed by atoms with E-state index in [-0.39, 0.29) is 6.03 Å². The third-order valence-corrected chi connectivity index (χ3v) is 4.31. The molecule has 2 aliphatic rings. The second-order valence-corrected chi connectivity index (χ2v) is 6.59. The van der Waals surface area contributed by atoms with Gasteiger partial charge in [0.05, 0.1) is 5.92 Å². The Morgan fingerprint density at radius 2 is 1.76 bits per heavy atom. The van der Waals surface area contributed by atoms with Crippen LogP contribution in [0.15, 0.2) is 0 Å². The summed E-state index contributed by atoms with van der Waals surface area (Å²) in [5, 5.41) is 9.11. The first-order chi connectivity index (χ1) is 9.97. The Labute approximate surface area is 126 Å². The number of carboxylic acid groups (broad SMARTS) is 1. The van der Waals surface area contributed by atoms with Gasteiger partial charge in [0.25, 0.3) is 0 Å². The van der Waals surface area contributed by atoms with Gasteiger partial charge in [-0.05, 0) is 18.8 Å². The molecule has 0 aromatic carbocycles. The van der Waals surface area contributed by atoms with Crippen LogP contribution >= 0.6 is 0 Å². The van der Waals surface area contributed by atoms with Gasteiger partial charge in [0, 0.05) is 45.8 Å². The van der Waals surface area contributed by atoms with Gasteiger partial charge in [-0.2, -0.15) is 0 Å². The average Bonchev–Trinajstić information content (AvgIpc) is 2.47. The Hall–Kier alpha value is -1.30. The smallest absolute Gasteiger partial charge is 0.320 e. The number of piperazine rings is 1. The van der Waals surface area contributed by atoms with E-state index in [1.54, 1.807) is 4.90 Å². The lowest BCUT2D eigenvalue weighted by molar-refractivity contribution is -0.143.